The Kier molecular flexibility index (Phi) is 17.3. The molecule has 0 heterocycles. The minimum absolute atomic E-state index is 0. The van der Waals surface area contributed by atoms with Gasteiger partial charge in [0.05, 0.1) is 0 Å². The van der Waals surface area contributed by atoms with Crippen LogP contribution in [0.15, 0.2) is 0 Å². The summed E-state index contributed by atoms with van der Waals surface area (Å²) in [6.07, 6.45) is -2.59. The van der Waals surface area contributed by atoms with Crippen LogP contribution in [-0.4, -0.2) is 56.8 Å². The van der Waals surface area contributed by atoms with E-state index in [9.17, 15) is 24.6 Å². The molecule has 0 aliphatic heterocycles. The second-order valence-corrected chi connectivity index (χ2v) is 2.43. The number of hydrogen-bond acceptors (Lipinski definition) is 6. The summed E-state index contributed by atoms with van der Waals surface area (Å²) < 4.78 is 0. The standard InChI is InChI=1S/C6H8O7.FH.K.Mg/c7-3(8)1-6(13,5(11)12)2-4(9)10;;;/h13H,1-2H2,(H,7,8)(H,9,10)(H,11,12);1H;;/q;;+1;+2/p-3. The zero-order valence-corrected chi connectivity index (χ0v) is 13.0. The zero-order valence-electron chi connectivity index (χ0n) is 8.43. The molecular formula is C6H6FKMgO7. The van der Waals surface area contributed by atoms with Crippen LogP contribution < -0.4 is 66.3 Å². The molecule has 2 N–H and O–H groups in total. The van der Waals surface area contributed by atoms with Crippen LogP contribution in [0.3, 0.4) is 0 Å². The first-order chi connectivity index (χ1) is 5.78. The number of hydrogen-bond donors (Lipinski definition) is 2. The van der Waals surface area contributed by atoms with Gasteiger partial charge in [0.1, 0.15) is 0 Å². The number of carboxylic acid groups (broad SMARTS) is 3. The fourth-order valence-corrected chi connectivity index (χ4v) is 0.691. The summed E-state index contributed by atoms with van der Waals surface area (Å²) in [6, 6.07) is 0. The van der Waals surface area contributed by atoms with E-state index in [1.807, 2.05) is 0 Å². The molecule has 0 rings (SSSR count). The van der Waals surface area contributed by atoms with Crippen molar-refractivity contribution in [3.05, 3.63) is 0 Å². The Balaban J connectivity index is -0.000000240. The number of aliphatic carboxylic acids is 3. The molecule has 0 aromatic heterocycles. The molecule has 16 heavy (non-hydrogen) atoms. The maximum absolute atomic E-state index is 10.3. The minimum Gasteiger partial charge on any atom is -1.00 e. The Labute approximate surface area is 148 Å². The third kappa shape index (κ3) is 9.90. The van der Waals surface area contributed by atoms with Crippen LogP contribution in [0.1, 0.15) is 12.8 Å². The van der Waals surface area contributed by atoms with Crippen LogP contribution in [0.4, 0.5) is 0 Å². The zero-order chi connectivity index (χ0) is 10.6. The summed E-state index contributed by atoms with van der Waals surface area (Å²) in [5, 5.41) is 37.2. The van der Waals surface area contributed by atoms with Crippen molar-refractivity contribution in [2.75, 3.05) is 0 Å². The number of aliphatic hydroxyl groups is 1. The van der Waals surface area contributed by atoms with E-state index in [4.69, 9.17) is 10.2 Å². The molecule has 0 saturated heterocycles. The molecule has 0 amide bonds. The van der Waals surface area contributed by atoms with E-state index < -0.39 is 36.4 Å². The number of halogens is 1. The fraction of sp³-hybridized carbons (Fsp3) is 0.500. The van der Waals surface area contributed by atoms with Crippen molar-refractivity contribution in [3.8, 4) is 0 Å². The smallest absolute Gasteiger partial charge is 1.00 e. The van der Waals surface area contributed by atoms with Gasteiger partial charge in [-0.15, -0.1) is 0 Å². The number of carbonyl (C=O) groups is 3. The fourth-order valence-electron chi connectivity index (χ4n) is 0.691. The van der Waals surface area contributed by atoms with Crippen molar-refractivity contribution in [1.82, 2.24) is 0 Å². The quantitative estimate of drug-likeness (QED) is 0.474. The summed E-state index contributed by atoms with van der Waals surface area (Å²) >= 11 is 0. The Morgan fingerprint density at radius 3 is 1.44 bits per heavy atom. The van der Waals surface area contributed by atoms with Gasteiger partial charge in [-0.25, -0.2) is 4.79 Å². The minimum atomic E-state index is -2.86. The molecule has 7 nitrogen and oxygen atoms in total. The van der Waals surface area contributed by atoms with Crippen LogP contribution in [-0.2, 0) is 14.4 Å². The maximum Gasteiger partial charge on any atom is 2.00 e. The first-order valence-corrected chi connectivity index (χ1v) is 3.13. The van der Waals surface area contributed by atoms with Crippen molar-refractivity contribution >= 4 is 41.0 Å². The van der Waals surface area contributed by atoms with Gasteiger partial charge in [0.25, 0.3) is 0 Å². The van der Waals surface area contributed by atoms with Crippen molar-refractivity contribution < 1.29 is 90.9 Å². The van der Waals surface area contributed by atoms with Crippen molar-refractivity contribution in [3.63, 3.8) is 0 Å². The molecule has 0 aliphatic rings. The van der Waals surface area contributed by atoms with Crippen LogP contribution in [0.25, 0.3) is 0 Å². The van der Waals surface area contributed by atoms with Crippen LogP contribution in [0.2, 0.25) is 0 Å². The molecule has 0 fully saturated rings. The van der Waals surface area contributed by atoms with Crippen molar-refractivity contribution in [2.45, 2.75) is 18.4 Å². The second-order valence-electron chi connectivity index (χ2n) is 2.43. The van der Waals surface area contributed by atoms with E-state index in [2.05, 4.69) is 0 Å². The first-order valence-electron chi connectivity index (χ1n) is 3.13. The molecule has 0 aromatic carbocycles. The molecule has 0 saturated carbocycles. The third-order valence-electron chi connectivity index (χ3n) is 1.27. The molecule has 0 atom stereocenters. The SMILES string of the molecule is O=C([O-])CC(O)(CC(=O)[O-])C(=O)O.[F-].[K+].[Mg+2]. The normalized spacial score (nSPS) is 8.81. The van der Waals surface area contributed by atoms with E-state index in [1.165, 1.54) is 0 Å². The molecule has 0 bridgehead atoms. The molecule has 0 spiro atoms. The maximum atomic E-state index is 10.3. The predicted octanol–water partition coefficient (Wildman–Crippen LogP) is -10.3. The van der Waals surface area contributed by atoms with Crippen LogP contribution >= 0.6 is 0 Å². The Morgan fingerprint density at radius 2 is 1.31 bits per heavy atom. The molecule has 0 aromatic rings. The van der Waals surface area contributed by atoms with Gasteiger partial charge in [0.2, 0.25) is 0 Å². The number of rotatable bonds is 5. The summed E-state index contributed by atoms with van der Waals surface area (Å²) in [5.74, 6) is -5.65. The molecule has 10 heteroatoms. The van der Waals surface area contributed by atoms with Gasteiger partial charge in [-0.3, -0.25) is 0 Å². The summed E-state index contributed by atoms with van der Waals surface area (Å²) in [6.45, 7) is 0. The second kappa shape index (κ2) is 10.8. The van der Waals surface area contributed by atoms with Crippen molar-refractivity contribution in [2.24, 2.45) is 0 Å². The predicted molar refractivity (Wildman–Crippen MR) is 37.6 cm³/mol. The Hall–Kier alpha value is 0.703. The average Bonchev–Trinajstić information content (AvgIpc) is 1.82. The molecule has 0 aliphatic carbocycles. The molecule has 0 radical (unpaired) electrons. The number of carboxylic acids is 3. The van der Waals surface area contributed by atoms with Gasteiger partial charge < -0.3 is 34.7 Å². The van der Waals surface area contributed by atoms with E-state index in [1.54, 1.807) is 0 Å². The van der Waals surface area contributed by atoms with Gasteiger partial charge in [-0.2, -0.15) is 0 Å². The van der Waals surface area contributed by atoms with Gasteiger partial charge in [0, 0.05) is 24.8 Å². The third-order valence-corrected chi connectivity index (χ3v) is 1.27. The van der Waals surface area contributed by atoms with Gasteiger partial charge >= 0.3 is 80.4 Å². The summed E-state index contributed by atoms with van der Waals surface area (Å²) in [5.41, 5.74) is -2.86. The molecular weight excluding hydrogens is 266 g/mol. The van der Waals surface area contributed by atoms with E-state index in [-0.39, 0.29) is 79.1 Å². The van der Waals surface area contributed by atoms with E-state index >= 15 is 0 Å². The average molecular weight is 273 g/mol. The topological polar surface area (TPSA) is 138 Å². The van der Waals surface area contributed by atoms with Gasteiger partial charge in [0.15, 0.2) is 5.60 Å². The number of carbonyl (C=O) groups excluding carboxylic acids is 2. The van der Waals surface area contributed by atoms with Gasteiger partial charge in [-0.05, 0) is 0 Å². The summed E-state index contributed by atoms with van der Waals surface area (Å²) in [4.78, 5) is 30.2. The Morgan fingerprint density at radius 1 is 1.06 bits per heavy atom. The van der Waals surface area contributed by atoms with E-state index in [0.29, 0.717) is 0 Å². The van der Waals surface area contributed by atoms with E-state index in [0.717, 1.165) is 0 Å². The molecule has 0 unspecified atom stereocenters. The molecule has 82 valence electrons. The largest absolute Gasteiger partial charge is 2.00 e. The van der Waals surface area contributed by atoms with Crippen LogP contribution in [0.5, 0.6) is 0 Å². The summed E-state index contributed by atoms with van der Waals surface area (Å²) in [7, 11) is 0. The van der Waals surface area contributed by atoms with Crippen molar-refractivity contribution in [1.29, 1.82) is 0 Å². The Bertz CT molecular complexity index is 243. The first kappa shape index (κ1) is 25.5. The van der Waals surface area contributed by atoms with Crippen LogP contribution in [0, 0.1) is 0 Å². The monoisotopic (exact) mass is 272 g/mol. The van der Waals surface area contributed by atoms with Gasteiger partial charge in [-0.1, -0.05) is 0 Å².